The molecule has 1 aromatic rings. The number of ether oxygens (including phenoxy) is 1. The Labute approximate surface area is 129 Å². The van der Waals surface area contributed by atoms with E-state index in [-0.39, 0.29) is 13.1 Å². The van der Waals surface area contributed by atoms with Gasteiger partial charge in [0.15, 0.2) is 0 Å². The molecule has 0 amide bonds. The molecule has 0 saturated carbocycles. The first-order valence-corrected chi connectivity index (χ1v) is 7.43. The van der Waals surface area contributed by atoms with Crippen molar-refractivity contribution in [3.05, 3.63) is 34.9 Å². The Kier molecular flexibility index (Phi) is 3.68. The number of likely N-dealkylation sites (tertiary alicyclic amines) is 1. The van der Waals surface area contributed by atoms with E-state index in [4.69, 9.17) is 9.84 Å². The van der Waals surface area contributed by atoms with Gasteiger partial charge in [0.05, 0.1) is 7.11 Å². The first kappa shape index (κ1) is 15.0. The Balaban J connectivity index is 1.72. The molecule has 1 aliphatic carbocycles. The summed E-state index contributed by atoms with van der Waals surface area (Å²) in [5.41, 5.74) is 1.58. The number of benzene rings is 1. The van der Waals surface area contributed by atoms with Gasteiger partial charge in [0, 0.05) is 19.6 Å². The van der Waals surface area contributed by atoms with Crippen molar-refractivity contribution in [1.29, 1.82) is 0 Å². The van der Waals surface area contributed by atoms with Crippen molar-refractivity contribution in [1.82, 2.24) is 4.90 Å². The van der Waals surface area contributed by atoms with Crippen LogP contribution >= 0.6 is 0 Å². The monoisotopic (exact) mass is 305 g/mol. The van der Waals surface area contributed by atoms with Gasteiger partial charge in [-0.25, -0.2) is 9.18 Å². The number of nitrogens with zero attached hydrogens (tertiary/aromatic N) is 1. The van der Waals surface area contributed by atoms with Gasteiger partial charge in [-0.15, -0.1) is 0 Å². The predicted octanol–water partition coefficient (Wildman–Crippen LogP) is 2.38. The van der Waals surface area contributed by atoms with Crippen molar-refractivity contribution in [3.8, 4) is 5.75 Å². The SMILES string of the molecule is COc1ccc2c(c1)C[C@H](C)C(CN1CC(F)(C(=O)O)C1)=C2. The lowest BCUT2D eigenvalue weighted by Gasteiger charge is -2.42. The minimum Gasteiger partial charge on any atom is -0.497 e. The van der Waals surface area contributed by atoms with E-state index >= 15 is 0 Å². The summed E-state index contributed by atoms with van der Waals surface area (Å²) in [6.07, 6.45) is 3.06. The van der Waals surface area contributed by atoms with Crippen molar-refractivity contribution < 1.29 is 19.0 Å². The lowest BCUT2D eigenvalue weighted by molar-refractivity contribution is -0.163. The molecule has 1 heterocycles. The van der Waals surface area contributed by atoms with E-state index in [0.29, 0.717) is 12.5 Å². The van der Waals surface area contributed by atoms with Crippen LogP contribution in [-0.2, 0) is 11.2 Å². The fraction of sp³-hybridized carbons (Fsp3) is 0.471. The van der Waals surface area contributed by atoms with Crippen LogP contribution in [0.25, 0.3) is 6.08 Å². The quantitative estimate of drug-likeness (QED) is 0.928. The maximum Gasteiger partial charge on any atom is 0.344 e. The zero-order valence-corrected chi connectivity index (χ0v) is 12.8. The number of carbonyl (C=O) groups is 1. The molecule has 1 N–H and O–H groups in total. The Morgan fingerprint density at radius 2 is 2.23 bits per heavy atom. The van der Waals surface area contributed by atoms with Gasteiger partial charge in [0.1, 0.15) is 5.75 Å². The molecule has 1 saturated heterocycles. The summed E-state index contributed by atoms with van der Waals surface area (Å²) in [7, 11) is 1.66. The molecule has 0 aromatic heterocycles. The third-order valence-electron chi connectivity index (χ3n) is 4.59. The molecule has 1 aliphatic heterocycles. The number of fused-ring (bicyclic) bond motifs is 1. The topological polar surface area (TPSA) is 49.8 Å². The first-order valence-electron chi connectivity index (χ1n) is 7.43. The van der Waals surface area contributed by atoms with Gasteiger partial charge in [0.2, 0.25) is 5.67 Å². The number of carboxylic acids is 1. The van der Waals surface area contributed by atoms with Crippen molar-refractivity contribution in [2.24, 2.45) is 5.92 Å². The van der Waals surface area contributed by atoms with Crippen LogP contribution in [0.3, 0.4) is 0 Å². The molecule has 1 aromatic carbocycles. The van der Waals surface area contributed by atoms with E-state index in [1.54, 1.807) is 7.11 Å². The molecule has 3 rings (SSSR count). The fourth-order valence-corrected chi connectivity index (χ4v) is 3.20. The van der Waals surface area contributed by atoms with Crippen LogP contribution in [0.2, 0.25) is 0 Å². The zero-order valence-electron chi connectivity index (χ0n) is 12.8. The summed E-state index contributed by atoms with van der Waals surface area (Å²) < 4.78 is 19.0. The zero-order chi connectivity index (χ0) is 15.9. The largest absolute Gasteiger partial charge is 0.497 e. The molecule has 0 bridgehead atoms. The average molecular weight is 305 g/mol. The third kappa shape index (κ3) is 2.61. The van der Waals surface area contributed by atoms with Gasteiger partial charge < -0.3 is 9.84 Å². The van der Waals surface area contributed by atoms with Crippen molar-refractivity contribution in [2.45, 2.75) is 19.0 Å². The molecule has 0 unspecified atom stereocenters. The smallest absolute Gasteiger partial charge is 0.344 e. The number of methoxy groups -OCH3 is 1. The number of carboxylic acid groups (broad SMARTS) is 1. The Hall–Kier alpha value is -1.88. The van der Waals surface area contributed by atoms with Gasteiger partial charge in [0.25, 0.3) is 0 Å². The second kappa shape index (κ2) is 5.39. The molecule has 1 fully saturated rings. The van der Waals surface area contributed by atoms with Gasteiger partial charge in [-0.05, 0) is 35.6 Å². The van der Waals surface area contributed by atoms with Crippen LogP contribution in [0.1, 0.15) is 18.1 Å². The van der Waals surface area contributed by atoms with Gasteiger partial charge >= 0.3 is 5.97 Å². The van der Waals surface area contributed by atoms with E-state index in [1.165, 1.54) is 16.7 Å². The Morgan fingerprint density at radius 3 is 2.86 bits per heavy atom. The maximum atomic E-state index is 13.8. The van der Waals surface area contributed by atoms with Crippen LogP contribution in [0, 0.1) is 5.92 Å². The minimum atomic E-state index is -2.07. The van der Waals surface area contributed by atoms with Crippen molar-refractivity contribution in [3.63, 3.8) is 0 Å². The average Bonchev–Trinajstić information content (AvgIpc) is 2.45. The van der Waals surface area contributed by atoms with E-state index in [0.717, 1.165) is 12.2 Å². The number of aliphatic carboxylic acids is 1. The van der Waals surface area contributed by atoms with Crippen LogP contribution in [0.5, 0.6) is 5.75 Å². The van der Waals surface area contributed by atoms with Crippen LogP contribution in [0.4, 0.5) is 4.39 Å². The van der Waals surface area contributed by atoms with Crippen LogP contribution in [0.15, 0.2) is 23.8 Å². The lowest BCUT2D eigenvalue weighted by atomic mass is 9.83. The maximum absolute atomic E-state index is 13.8. The highest BCUT2D eigenvalue weighted by atomic mass is 19.1. The number of halogens is 1. The van der Waals surface area contributed by atoms with E-state index < -0.39 is 11.6 Å². The highest BCUT2D eigenvalue weighted by Gasteiger charge is 2.50. The molecule has 118 valence electrons. The first-order chi connectivity index (χ1) is 10.4. The minimum absolute atomic E-state index is 0.0259. The number of rotatable bonds is 4. The van der Waals surface area contributed by atoms with Gasteiger partial charge in [-0.3, -0.25) is 4.90 Å². The van der Waals surface area contributed by atoms with Crippen molar-refractivity contribution >= 4 is 12.0 Å². The highest BCUT2D eigenvalue weighted by Crippen LogP contribution is 2.33. The van der Waals surface area contributed by atoms with E-state index in [1.807, 2.05) is 17.0 Å². The summed E-state index contributed by atoms with van der Waals surface area (Å²) in [6.45, 7) is 2.73. The molecule has 0 spiro atoms. The number of alkyl halides is 1. The Bertz CT molecular complexity index is 635. The molecule has 2 aliphatic rings. The predicted molar refractivity (Wildman–Crippen MR) is 81.8 cm³/mol. The molecule has 1 atom stereocenters. The second-order valence-corrected chi connectivity index (χ2v) is 6.30. The Morgan fingerprint density at radius 1 is 1.50 bits per heavy atom. The normalized spacial score (nSPS) is 23.2. The van der Waals surface area contributed by atoms with Crippen LogP contribution in [-0.4, -0.2) is 48.4 Å². The summed E-state index contributed by atoms with van der Waals surface area (Å²) >= 11 is 0. The molecule has 5 heteroatoms. The third-order valence-corrected chi connectivity index (χ3v) is 4.59. The second-order valence-electron chi connectivity index (χ2n) is 6.30. The number of hydrogen-bond donors (Lipinski definition) is 1. The molecule has 0 radical (unpaired) electrons. The molecule has 22 heavy (non-hydrogen) atoms. The van der Waals surface area contributed by atoms with E-state index in [2.05, 4.69) is 19.1 Å². The summed E-state index contributed by atoms with van der Waals surface area (Å²) in [6, 6.07) is 6.02. The fourth-order valence-electron chi connectivity index (χ4n) is 3.20. The van der Waals surface area contributed by atoms with Crippen LogP contribution < -0.4 is 4.74 Å². The van der Waals surface area contributed by atoms with Gasteiger partial charge in [-0.1, -0.05) is 24.6 Å². The van der Waals surface area contributed by atoms with Crippen molar-refractivity contribution in [2.75, 3.05) is 26.7 Å². The lowest BCUT2D eigenvalue weighted by Crippen LogP contribution is -2.63. The van der Waals surface area contributed by atoms with E-state index in [9.17, 15) is 9.18 Å². The van der Waals surface area contributed by atoms with Gasteiger partial charge in [-0.2, -0.15) is 0 Å². The summed E-state index contributed by atoms with van der Waals surface area (Å²) in [5.74, 6) is -0.139. The summed E-state index contributed by atoms with van der Waals surface area (Å²) in [4.78, 5) is 12.7. The standard InChI is InChI=1S/C17H20FNO3/c1-11-5-13-7-15(22-2)4-3-12(13)6-14(11)8-19-9-17(18,10-19)16(20)21/h3-4,6-7,11H,5,8-10H2,1-2H3,(H,20,21)/t11-/m0/s1. The number of hydrogen-bond acceptors (Lipinski definition) is 3. The molecular formula is C17H20FNO3. The molecular weight excluding hydrogens is 285 g/mol. The highest BCUT2D eigenvalue weighted by molar-refractivity contribution is 5.79. The summed E-state index contributed by atoms with van der Waals surface area (Å²) in [5, 5.41) is 8.82. The molecule has 4 nitrogen and oxygen atoms in total.